The fraction of sp³-hybridized carbons (Fsp3) is 0.941. The van der Waals surface area contributed by atoms with Gasteiger partial charge in [-0.05, 0) is 64.1 Å². The molecule has 1 rings (SSSR count). The number of likely N-dealkylation sites (tertiary alicyclic amines) is 1. The molecule has 0 aromatic heterocycles. The third-order valence-electron chi connectivity index (χ3n) is 4.66. The Bertz CT molecular complexity index is 299. The van der Waals surface area contributed by atoms with Crippen LogP contribution in [0.15, 0.2) is 4.99 Å². The lowest BCUT2D eigenvalue weighted by Gasteiger charge is -2.30. The zero-order chi connectivity index (χ0) is 15.7. The van der Waals surface area contributed by atoms with E-state index in [1.165, 1.54) is 45.3 Å². The van der Waals surface area contributed by atoms with Gasteiger partial charge in [0.2, 0.25) is 0 Å². The van der Waals surface area contributed by atoms with E-state index < -0.39 is 0 Å². The summed E-state index contributed by atoms with van der Waals surface area (Å²) in [6.07, 6.45) is 5.24. The second kappa shape index (κ2) is 12.4. The molecule has 1 saturated heterocycles. The number of hydrogen-bond acceptors (Lipinski definition) is 2. The Kier molecular flexibility index (Phi) is 12.4. The summed E-state index contributed by atoms with van der Waals surface area (Å²) in [6.45, 7) is 13.9. The zero-order valence-corrected chi connectivity index (χ0v) is 17.5. The molecule has 2 N–H and O–H groups in total. The molecule has 0 saturated carbocycles. The van der Waals surface area contributed by atoms with Crippen LogP contribution in [0.3, 0.4) is 0 Å². The van der Waals surface area contributed by atoms with Gasteiger partial charge in [-0.2, -0.15) is 0 Å². The summed E-state index contributed by atoms with van der Waals surface area (Å²) in [5, 5.41) is 6.86. The molecule has 0 spiro atoms. The molecule has 0 bridgehead atoms. The van der Waals surface area contributed by atoms with Crippen molar-refractivity contribution in [3.63, 3.8) is 0 Å². The topological polar surface area (TPSA) is 39.7 Å². The summed E-state index contributed by atoms with van der Waals surface area (Å²) in [4.78, 5) is 6.91. The average molecular weight is 424 g/mol. The number of nitrogens with zero attached hydrogens (tertiary/aromatic N) is 2. The number of aliphatic imine (C=N–C) groups is 1. The maximum Gasteiger partial charge on any atom is 0.191 e. The van der Waals surface area contributed by atoms with Gasteiger partial charge in [0.25, 0.3) is 0 Å². The van der Waals surface area contributed by atoms with Gasteiger partial charge >= 0.3 is 0 Å². The van der Waals surface area contributed by atoms with Crippen LogP contribution in [0.4, 0.5) is 0 Å². The summed E-state index contributed by atoms with van der Waals surface area (Å²) in [6, 6.07) is 0.450. The maximum absolute atomic E-state index is 4.29. The van der Waals surface area contributed by atoms with Crippen molar-refractivity contribution in [3.8, 4) is 0 Å². The Hall–Kier alpha value is -0.0400. The Morgan fingerprint density at radius 3 is 2.36 bits per heavy atom. The van der Waals surface area contributed by atoms with E-state index >= 15 is 0 Å². The lowest BCUT2D eigenvalue weighted by atomic mass is 9.99. The third-order valence-corrected chi connectivity index (χ3v) is 4.66. The minimum atomic E-state index is 0. The molecule has 1 atom stereocenters. The average Bonchev–Trinajstić information content (AvgIpc) is 2.47. The van der Waals surface area contributed by atoms with Crippen LogP contribution < -0.4 is 10.6 Å². The van der Waals surface area contributed by atoms with Crippen molar-refractivity contribution in [3.05, 3.63) is 0 Å². The number of rotatable bonds is 7. The fourth-order valence-corrected chi connectivity index (χ4v) is 2.53. The molecular formula is C17H37IN4. The molecule has 4 nitrogen and oxygen atoms in total. The highest BCUT2D eigenvalue weighted by Crippen LogP contribution is 2.15. The molecule has 0 amide bonds. The summed E-state index contributed by atoms with van der Waals surface area (Å²) >= 11 is 0. The van der Waals surface area contributed by atoms with Gasteiger partial charge in [-0.1, -0.05) is 20.8 Å². The van der Waals surface area contributed by atoms with Crippen molar-refractivity contribution in [1.29, 1.82) is 0 Å². The minimum Gasteiger partial charge on any atom is -0.356 e. The molecule has 22 heavy (non-hydrogen) atoms. The smallest absolute Gasteiger partial charge is 0.191 e. The van der Waals surface area contributed by atoms with Crippen molar-refractivity contribution in [2.75, 3.05) is 33.2 Å². The summed E-state index contributed by atoms with van der Waals surface area (Å²) < 4.78 is 0. The van der Waals surface area contributed by atoms with E-state index in [0.29, 0.717) is 12.0 Å². The predicted octanol–water partition coefficient (Wildman–Crippen LogP) is 3.33. The summed E-state index contributed by atoms with van der Waals surface area (Å²) in [5.41, 5.74) is 0. The number of nitrogens with one attached hydrogen (secondary N) is 2. The monoisotopic (exact) mass is 424 g/mol. The molecule has 0 aliphatic carbocycles. The molecule has 1 heterocycles. The van der Waals surface area contributed by atoms with E-state index in [9.17, 15) is 0 Å². The van der Waals surface area contributed by atoms with Crippen LogP contribution in [0.25, 0.3) is 0 Å². The van der Waals surface area contributed by atoms with Gasteiger partial charge < -0.3 is 15.5 Å². The van der Waals surface area contributed by atoms with Crippen molar-refractivity contribution < 1.29 is 0 Å². The van der Waals surface area contributed by atoms with Crippen LogP contribution in [0.5, 0.6) is 0 Å². The standard InChI is InChI=1S/C17H36N4.HI/c1-14(2)16(4)20-17(18-5)19-10-6-7-11-21-12-8-15(3)9-13-21;/h14-16H,6-13H2,1-5H3,(H2,18,19,20);1H. The number of guanidine groups is 1. The van der Waals surface area contributed by atoms with Gasteiger partial charge in [-0.25, -0.2) is 0 Å². The highest BCUT2D eigenvalue weighted by atomic mass is 127. The molecule has 5 heteroatoms. The Balaban J connectivity index is 0.00000441. The van der Waals surface area contributed by atoms with E-state index in [1.807, 2.05) is 7.05 Å². The summed E-state index contributed by atoms with van der Waals surface area (Å²) in [7, 11) is 1.84. The van der Waals surface area contributed by atoms with Gasteiger partial charge in [0, 0.05) is 19.6 Å². The van der Waals surface area contributed by atoms with E-state index in [-0.39, 0.29) is 24.0 Å². The van der Waals surface area contributed by atoms with E-state index in [0.717, 1.165) is 18.4 Å². The van der Waals surface area contributed by atoms with E-state index in [4.69, 9.17) is 0 Å². The first kappa shape index (κ1) is 22.0. The molecule has 0 aromatic carbocycles. The highest BCUT2D eigenvalue weighted by Gasteiger charge is 2.14. The first-order valence-electron chi connectivity index (χ1n) is 8.72. The van der Waals surface area contributed by atoms with Gasteiger partial charge in [0.05, 0.1) is 0 Å². The molecule has 1 fully saturated rings. The number of piperidine rings is 1. The Labute approximate surface area is 154 Å². The van der Waals surface area contributed by atoms with Crippen LogP contribution in [0.2, 0.25) is 0 Å². The van der Waals surface area contributed by atoms with Crippen LogP contribution in [0.1, 0.15) is 53.4 Å². The number of unbranched alkanes of at least 4 members (excludes halogenated alkanes) is 1. The molecule has 132 valence electrons. The molecule has 1 unspecified atom stereocenters. The van der Waals surface area contributed by atoms with Crippen LogP contribution >= 0.6 is 24.0 Å². The number of hydrogen-bond donors (Lipinski definition) is 2. The highest BCUT2D eigenvalue weighted by molar-refractivity contribution is 14.0. The Morgan fingerprint density at radius 1 is 1.18 bits per heavy atom. The number of halogens is 1. The normalized spacial score (nSPS) is 18.9. The van der Waals surface area contributed by atoms with E-state index in [2.05, 4.69) is 48.2 Å². The second-order valence-electron chi connectivity index (χ2n) is 6.91. The lowest BCUT2D eigenvalue weighted by molar-refractivity contribution is 0.189. The SMILES string of the molecule is CN=C(NCCCCN1CCC(C)CC1)NC(C)C(C)C.I. The van der Waals surface area contributed by atoms with E-state index in [1.54, 1.807) is 0 Å². The van der Waals surface area contributed by atoms with Gasteiger partial charge in [-0.3, -0.25) is 4.99 Å². The van der Waals surface area contributed by atoms with Crippen LogP contribution in [0, 0.1) is 11.8 Å². The van der Waals surface area contributed by atoms with Crippen LogP contribution in [-0.4, -0.2) is 50.1 Å². The van der Waals surface area contributed by atoms with Gasteiger partial charge in [-0.15, -0.1) is 24.0 Å². The molecule has 0 radical (unpaired) electrons. The van der Waals surface area contributed by atoms with Gasteiger partial charge in [0.15, 0.2) is 5.96 Å². The Morgan fingerprint density at radius 2 is 1.82 bits per heavy atom. The van der Waals surface area contributed by atoms with Crippen molar-refractivity contribution in [2.45, 2.75) is 59.4 Å². The zero-order valence-electron chi connectivity index (χ0n) is 15.2. The largest absolute Gasteiger partial charge is 0.356 e. The van der Waals surface area contributed by atoms with Crippen molar-refractivity contribution in [1.82, 2.24) is 15.5 Å². The summed E-state index contributed by atoms with van der Waals surface area (Å²) in [5.74, 6) is 2.48. The quantitative estimate of drug-likeness (QED) is 0.285. The molecular weight excluding hydrogens is 387 g/mol. The lowest BCUT2D eigenvalue weighted by Crippen LogP contribution is -2.44. The molecule has 0 aromatic rings. The minimum absolute atomic E-state index is 0. The molecule has 1 aliphatic heterocycles. The predicted molar refractivity (Wildman–Crippen MR) is 108 cm³/mol. The van der Waals surface area contributed by atoms with Gasteiger partial charge in [0.1, 0.15) is 0 Å². The molecule has 1 aliphatic rings. The van der Waals surface area contributed by atoms with Crippen LogP contribution in [-0.2, 0) is 0 Å². The maximum atomic E-state index is 4.29. The third kappa shape index (κ3) is 9.18. The first-order valence-corrected chi connectivity index (χ1v) is 8.72. The first-order chi connectivity index (χ1) is 10.0. The second-order valence-corrected chi connectivity index (χ2v) is 6.91. The fourth-order valence-electron chi connectivity index (χ4n) is 2.53. The van der Waals surface area contributed by atoms with Crippen molar-refractivity contribution in [2.24, 2.45) is 16.8 Å². The van der Waals surface area contributed by atoms with Crippen molar-refractivity contribution >= 4 is 29.9 Å².